The minimum atomic E-state index is -0.198. The molecule has 146 valence electrons. The van der Waals surface area contributed by atoms with Gasteiger partial charge in [0.15, 0.2) is 0 Å². The van der Waals surface area contributed by atoms with Gasteiger partial charge in [0.2, 0.25) is 5.88 Å². The van der Waals surface area contributed by atoms with Crippen LogP contribution in [-0.2, 0) is 26.4 Å². The molecular formula is C20H24N6O2. The van der Waals surface area contributed by atoms with Crippen molar-refractivity contribution < 1.29 is 9.53 Å². The minimum Gasteiger partial charge on any atom is -0.479 e. The second kappa shape index (κ2) is 7.84. The molecule has 3 heterocycles. The zero-order valence-electron chi connectivity index (χ0n) is 16.2. The molecular weight excluding hydrogens is 356 g/mol. The normalized spacial score (nSPS) is 13.2. The summed E-state index contributed by atoms with van der Waals surface area (Å²) < 4.78 is 8.75. The molecule has 1 amide bonds. The highest BCUT2D eigenvalue weighted by Crippen LogP contribution is 2.30. The van der Waals surface area contributed by atoms with Crippen molar-refractivity contribution in [2.75, 3.05) is 13.7 Å². The molecule has 0 aromatic carbocycles. The Morgan fingerprint density at radius 1 is 1.25 bits per heavy atom. The zero-order valence-corrected chi connectivity index (χ0v) is 16.2. The van der Waals surface area contributed by atoms with Crippen molar-refractivity contribution in [2.45, 2.75) is 32.2 Å². The Labute approximate surface area is 163 Å². The van der Waals surface area contributed by atoms with Crippen LogP contribution < -0.4 is 10.1 Å². The molecule has 28 heavy (non-hydrogen) atoms. The first-order valence-electron chi connectivity index (χ1n) is 9.53. The van der Waals surface area contributed by atoms with Gasteiger partial charge in [-0.3, -0.25) is 19.1 Å². The molecule has 8 nitrogen and oxygen atoms in total. The zero-order chi connectivity index (χ0) is 19.5. The highest BCUT2D eigenvalue weighted by atomic mass is 16.5. The smallest absolute Gasteiger partial charge is 0.258 e. The van der Waals surface area contributed by atoms with Crippen LogP contribution >= 0.6 is 0 Å². The minimum absolute atomic E-state index is 0.198. The summed E-state index contributed by atoms with van der Waals surface area (Å²) in [6.07, 6.45) is 7.84. The van der Waals surface area contributed by atoms with Crippen LogP contribution in [0.25, 0.3) is 11.4 Å². The molecule has 4 rings (SSSR count). The summed E-state index contributed by atoms with van der Waals surface area (Å²) in [6, 6.07) is 5.89. The van der Waals surface area contributed by atoms with Gasteiger partial charge in [-0.25, -0.2) is 0 Å². The highest BCUT2D eigenvalue weighted by Gasteiger charge is 2.22. The molecule has 0 aliphatic heterocycles. The standard InChI is InChI=1S/C20H24N6O2/c1-25-13-15(20(24-25)28-2)19(27)22-11-12-26-17-9-4-3-7-14(17)18(23-26)16-8-5-6-10-21-16/h5-6,8,10,13H,3-4,7,9,11-12H2,1-2H3,(H,22,27). The molecule has 0 atom stereocenters. The van der Waals surface area contributed by atoms with Crippen LogP contribution in [0.15, 0.2) is 30.6 Å². The Balaban J connectivity index is 1.49. The summed E-state index contributed by atoms with van der Waals surface area (Å²) in [5.74, 6) is 0.129. The van der Waals surface area contributed by atoms with Crippen LogP contribution in [-0.4, -0.2) is 44.1 Å². The Hall–Kier alpha value is -3.16. The topological polar surface area (TPSA) is 86.9 Å². The van der Waals surface area contributed by atoms with E-state index in [1.165, 1.54) is 31.2 Å². The number of ether oxygens (including phenoxy) is 1. The summed E-state index contributed by atoms with van der Waals surface area (Å²) in [4.78, 5) is 16.9. The predicted molar refractivity (Wildman–Crippen MR) is 104 cm³/mol. The number of aromatic nitrogens is 5. The highest BCUT2D eigenvalue weighted by molar-refractivity contribution is 5.96. The van der Waals surface area contributed by atoms with Crippen molar-refractivity contribution in [1.82, 2.24) is 29.9 Å². The summed E-state index contributed by atoms with van der Waals surface area (Å²) in [5, 5.41) is 11.9. The summed E-state index contributed by atoms with van der Waals surface area (Å²) in [6.45, 7) is 1.09. The number of aryl methyl sites for hydroxylation is 1. The third-order valence-corrected chi connectivity index (χ3v) is 5.01. The van der Waals surface area contributed by atoms with Gasteiger partial charge in [-0.15, -0.1) is 5.10 Å². The quantitative estimate of drug-likeness (QED) is 0.707. The number of pyridine rings is 1. The van der Waals surface area contributed by atoms with Gasteiger partial charge in [0.05, 0.1) is 19.3 Å². The molecule has 8 heteroatoms. The maximum Gasteiger partial charge on any atom is 0.258 e. The van der Waals surface area contributed by atoms with Crippen LogP contribution in [0.3, 0.4) is 0 Å². The number of methoxy groups -OCH3 is 1. The van der Waals surface area contributed by atoms with E-state index in [0.29, 0.717) is 24.5 Å². The Morgan fingerprint density at radius 3 is 2.89 bits per heavy atom. The lowest BCUT2D eigenvalue weighted by Gasteiger charge is -2.14. The van der Waals surface area contributed by atoms with Crippen molar-refractivity contribution in [3.63, 3.8) is 0 Å². The number of rotatable bonds is 6. The largest absolute Gasteiger partial charge is 0.479 e. The van der Waals surface area contributed by atoms with E-state index >= 15 is 0 Å². The maximum atomic E-state index is 12.5. The molecule has 1 N–H and O–H groups in total. The number of hydrogen-bond acceptors (Lipinski definition) is 5. The van der Waals surface area contributed by atoms with Crippen LogP contribution in [0.2, 0.25) is 0 Å². The fourth-order valence-electron chi connectivity index (χ4n) is 3.71. The Bertz CT molecular complexity index is 976. The third-order valence-electron chi connectivity index (χ3n) is 5.01. The van der Waals surface area contributed by atoms with Crippen LogP contribution in [0.4, 0.5) is 0 Å². The molecule has 0 unspecified atom stereocenters. The molecule has 0 radical (unpaired) electrons. The molecule has 0 saturated carbocycles. The Morgan fingerprint density at radius 2 is 2.11 bits per heavy atom. The van der Waals surface area contributed by atoms with E-state index in [9.17, 15) is 4.79 Å². The lowest BCUT2D eigenvalue weighted by Crippen LogP contribution is -2.28. The first-order valence-corrected chi connectivity index (χ1v) is 9.53. The second-order valence-corrected chi connectivity index (χ2v) is 6.90. The van der Waals surface area contributed by atoms with Gasteiger partial charge >= 0.3 is 0 Å². The average molecular weight is 380 g/mol. The van der Waals surface area contributed by atoms with E-state index in [-0.39, 0.29) is 5.91 Å². The van der Waals surface area contributed by atoms with Crippen molar-refractivity contribution >= 4 is 5.91 Å². The molecule has 3 aromatic rings. The van der Waals surface area contributed by atoms with Crippen molar-refractivity contribution in [3.05, 3.63) is 47.4 Å². The molecule has 0 bridgehead atoms. The van der Waals surface area contributed by atoms with E-state index in [0.717, 1.165) is 24.2 Å². The first kappa shape index (κ1) is 18.2. The van der Waals surface area contributed by atoms with Gasteiger partial charge in [-0.2, -0.15) is 5.10 Å². The molecule has 1 aliphatic carbocycles. The molecule has 0 saturated heterocycles. The number of carbonyl (C=O) groups is 1. The summed E-state index contributed by atoms with van der Waals surface area (Å²) in [7, 11) is 3.27. The first-order chi connectivity index (χ1) is 13.7. The fourth-order valence-corrected chi connectivity index (χ4v) is 3.71. The van der Waals surface area contributed by atoms with E-state index in [2.05, 4.69) is 15.4 Å². The van der Waals surface area contributed by atoms with Gasteiger partial charge in [-0.05, 0) is 37.8 Å². The lowest BCUT2D eigenvalue weighted by molar-refractivity contribution is 0.0948. The van der Waals surface area contributed by atoms with Crippen molar-refractivity contribution in [3.8, 4) is 17.3 Å². The van der Waals surface area contributed by atoms with Crippen LogP contribution in [0.5, 0.6) is 5.88 Å². The summed E-state index contributed by atoms with van der Waals surface area (Å²) >= 11 is 0. The molecule has 0 spiro atoms. The molecule has 3 aromatic heterocycles. The SMILES string of the molecule is COc1nn(C)cc1C(=O)NCCn1nc(-c2ccccn2)c2c1CCCC2. The number of carbonyl (C=O) groups excluding carboxylic acids is 1. The lowest BCUT2D eigenvalue weighted by atomic mass is 9.95. The Kier molecular flexibility index (Phi) is 5.10. The molecule has 0 fully saturated rings. The van der Waals surface area contributed by atoms with Crippen LogP contribution in [0.1, 0.15) is 34.5 Å². The second-order valence-electron chi connectivity index (χ2n) is 6.90. The van der Waals surface area contributed by atoms with Crippen molar-refractivity contribution in [2.24, 2.45) is 7.05 Å². The maximum absolute atomic E-state index is 12.5. The van der Waals surface area contributed by atoms with E-state index < -0.39 is 0 Å². The van der Waals surface area contributed by atoms with Crippen molar-refractivity contribution in [1.29, 1.82) is 0 Å². The average Bonchev–Trinajstić information content (AvgIpc) is 3.29. The van der Waals surface area contributed by atoms with Gasteiger partial charge in [0.25, 0.3) is 5.91 Å². The monoisotopic (exact) mass is 380 g/mol. The van der Waals surface area contributed by atoms with Gasteiger partial charge in [0, 0.05) is 37.2 Å². The van der Waals surface area contributed by atoms with Crippen LogP contribution in [0, 0.1) is 0 Å². The number of nitrogens with zero attached hydrogens (tertiary/aromatic N) is 5. The number of hydrogen-bond donors (Lipinski definition) is 1. The molecule has 1 aliphatic rings. The predicted octanol–water partition coefficient (Wildman–Crippen LogP) is 2.00. The third kappa shape index (κ3) is 3.49. The van der Waals surface area contributed by atoms with E-state index in [4.69, 9.17) is 9.84 Å². The fraction of sp³-hybridized carbons (Fsp3) is 0.400. The van der Waals surface area contributed by atoms with E-state index in [1.807, 2.05) is 22.9 Å². The summed E-state index contributed by atoms with van der Waals surface area (Å²) in [5.41, 5.74) is 4.87. The number of amides is 1. The van der Waals surface area contributed by atoms with Gasteiger partial charge in [0.1, 0.15) is 11.3 Å². The number of nitrogens with one attached hydrogen (secondary N) is 1. The van der Waals surface area contributed by atoms with Gasteiger partial charge < -0.3 is 10.1 Å². The number of fused-ring (bicyclic) bond motifs is 1. The van der Waals surface area contributed by atoms with E-state index in [1.54, 1.807) is 24.1 Å². The van der Waals surface area contributed by atoms with Gasteiger partial charge in [-0.1, -0.05) is 6.07 Å².